The Kier molecular flexibility index (Phi) is 3.14. The summed E-state index contributed by atoms with van der Waals surface area (Å²) in [6.45, 7) is 5.65. The van der Waals surface area contributed by atoms with Crippen molar-refractivity contribution < 1.29 is 0 Å². The molecule has 0 amide bonds. The van der Waals surface area contributed by atoms with Gasteiger partial charge >= 0.3 is 0 Å². The number of piperidine rings is 2. The summed E-state index contributed by atoms with van der Waals surface area (Å²) in [5.41, 5.74) is 1.14. The first kappa shape index (κ1) is 12.6. The lowest BCUT2D eigenvalue weighted by Gasteiger charge is -2.47. The van der Waals surface area contributed by atoms with E-state index in [4.69, 9.17) is 0 Å². The van der Waals surface area contributed by atoms with E-state index in [9.17, 15) is 0 Å². The van der Waals surface area contributed by atoms with Gasteiger partial charge in [0.2, 0.25) is 5.95 Å². The fourth-order valence-electron chi connectivity index (χ4n) is 4.03. The van der Waals surface area contributed by atoms with Gasteiger partial charge in [0.1, 0.15) is 0 Å². The zero-order chi connectivity index (χ0) is 13.5. The minimum Gasteiger partial charge on any atom is -0.340 e. The number of aromatic nitrogens is 2. The van der Waals surface area contributed by atoms with E-state index in [1.165, 1.54) is 38.6 Å². The van der Waals surface area contributed by atoms with Gasteiger partial charge in [-0.1, -0.05) is 0 Å². The van der Waals surface area contributed by atoms with Gasteiger partial charge in [-0.15, -0.1) is 0 Å². The highest BCUT2D eigenvalue weighted by atomic mass is 15.3. The third kappa shape index (κ3) is 2.30. The maximum atomic E-state index is 4.51. The van der Waals surface area contributed by atoms with E-state index in [0.29, 0.717) is 0 Å². The second kappa shape index (κ2) is 4.99. The average Bonchev–Trinajstić information content (AvgIpc) is 3.31. The lowest BCUT2D eigenvalue weighted by molar-refractivity contribution is 0.0694. The summed E-state index contributed by atoms with van der Waals surface area (Å²) in [4.78, 5) is 14.2. The van der Waals surface area contributed by atoms with Gasteiger partial charge in [0.25, 0.3) is 0 Å². The molecule has 0 N–H and O–H groups in total. The zero-order valence-electron chi connectivity index (χ0n) is 12.3. The molecule has 1 aromatic rings. The second-order valence-corrected chi connectivity index (χ2v) is 6.73. The van der Waals surface area contributed by atoms with Gasteiger partial charge in [0.05, 0.1) is 0 Å². The van der Waals surface area contributed by atoms with E-state index in [-0.39, 0.29) is 0 Å². The Morgan fingerprint density at radius 1 is 1.05 bits per heavy atom. The van der Waals surface area contributed by atoms with Gasteiger partial charge in [-0.2, -0.15) is 0 Å². The Morgan fingerprint density at radius 2 is 1.85 bits per heavy atom. The van der Waals surface area contributed by atoms with Gasteiger partial charge in [0, 0.05) is 37.6 Å². The normalized spacial score (nSPS) is 31.1. The minimum atomic E-state index is 0.822. The van der Waals surface area contributed by atoms with E-state index in [2.05, 4.69) is 19.8 Å². The van der Waals surface area contributed by atoms with Crippen LogP contribution in [0.25, 0.3) is 0 Å². The van der Waals surface area contributed by atoms with Crippen LogP contribution in [0.1, 0.15) is 37.7 Å². The fourth-order valence-corrected chi connectivity index (χ4v) is 4.03. The average molecular weight is 272 g/mol. The van der Waals surface area contributed by atoms with Crippen molar-refractivity contribution in [3.63, 3.8) is 0 Å². The standard InChI is InChI=1S/C16H24N4/c1-12-9-17-16(18-10-12)19-8-6-15-13(11-19)3-2-7-20(15)14-4-5-14/h9-10,13-15H,2-8,11H2,1H3. The number of hydrogen-bond donors (Lipinski definition) is 0. The summed E-state index contributed by atoms with van der Waals surface area (Å²) < 4.78 is 0. The highest BCUT2D eigenvalue weighted by Gasteiger charge is 2.42. The van der Waals surface area contributed by atoms with Crippen LogP contribution >= 0.6 is 0 Å². The summed E-state index contributed by atoms with van der Waals surface area (Å²) in [6.07, 6.45) is 10.8. The van der Waals surface area contributed by atoms with Gasteiger partial charge in [0.15, 0.2) is 0 Å². The second-order valence-electron chi connectivity index (χ2n) is 6.73. The number of nitrogens with zero attached hydrogens (tertiary/aromatic N) is 4. The molecule has 3 aliphatic rings. The minimum absolute atomic E-state index is 0.822. The van der Waals surface area contributed by atoms with Gasteiger partial charge in [-0.05, 0) is 57.1 Å². The largest absolute Gasteiger partial charge is 0.340 e. The molecule has 3 heterocycles. The number of anilines is 1. The molecule has 2 aliphatic heterocycles. The summed E-state index contributed by atoms with van der Waals surface area (Å²) in [5, 5.41) is 0. The van der Waals surface area contributed by atoms with E-state index >= 15 is 0 Å². The summed E-state index contributed by atoms with van der Waals surface area (Å²) >= 11 is 0. The molecule has 3 fully saturated rings. The summed E-state index contributed by atoms with van der Waals surface area (Å²) in [5.74, 6) is 1.75. The fraction of sp³-hybridized carbons (Fsp3) is 0.750. The molecule has 1 aliphatic carbocycles. The van der Waals surface area contributed by atoms with Crippen LogP contribution in [0.2, 0.25) is 0 Å². The predicted octanol–water partition coefficient (Wildman–Crippen LogP) is 2.24. The molecule has 0 radical (unpaired) electrons. The van der Waals surface area contributed by atoms with Crippen molar-refractivity contribution in [1.29, 1.82) is 0 Å². The van der Waals surface area contributed by atoms with E-state index < -0.39 is 0 Å². The lowest BCUT2D eigenvalue weighted by Crippen LogP contribution is -2.55. The Hall–Kier alpha value is -1.16. The van der Waals surface area contributed by atoms with Crippen molar-refractivity contribution >= 4 is 5.95 Å². The number of rotatable bonds is 2. The topological polar surface area (TPSA) is 32.3 Å². The van der Waals surface area contributed by atoms with Gasteiger partial charge in [-0.25, -0.2) is 9.97 Å². The van der Waals surface area contributed by atoms with Crippen molar-refractivity contribution in [1.82, 2.24) is 14.9 Å². The highest BCUT2D eigenvalue weighted by molar-refractivity contribution is 5.31. The van der Waals surface area contributed by atoms with Crippen molar-refractivity contribution in [2.75, 3.05) is 24.5 Å². The Bertz CT molecular complexity index is 468. The molecule has 1 saturated carbocycles. The third-order valence-electron chi connectivity index (χ3n) is 5.18. The van der Waals surface area contributed by atoms with Crippen molar-refractivity contribution in [2.45, 2.75) is 51.1 Å². The molecule has 4 heteroatoms. The van der Waals surface area contributed by atoms with E-state index in [1.807, 2.05) is 19.3 Å². The highest BCUT2D eigenvalue weighted by Crippen LogP contribution is 2.38. The Labute approximate surface area is 121 Å². The molecule has 2 unspecified atom stereocenters. The molecule has 0 aromatic carbocycles. The molecule has 4 rings (SSSR count). The maximum Gasteiger partial charge on any atom is 0.225 e. The number of likely N-dealkylation sites (tertiary alicyclic amines) is 1. The molecule has 1 aromatic heterocycles. The van der Waals surface area contributed by atoms with Crippen LogP contribution in [0.15, 0.2) is 12.4 Å². The van der Waals surface area contributed by atoms with Crippen molar-refractivity contribution in [2.24, 2.45) is 5.92 Å². The van der Waals surface area contributed by atoms with E-state index in [1.54, 1.807) is 0 Å². The van der Waals surface area contributed by atoms with Crippen LogP contribution < -0.4 is 4.90 Å². The van der Waals surface area contributed by atoms with Crippen LogP contribution in [-0.4, -0.2) is 46.6 Å². The first-order valence-electron chi connectivity index (χ1n) is 8.10. The Morgan fingerprint density at radius 3 is 2.60 bits per heavy atom. The smallest absolute Gasteiger partial charge is 0.225 e. The molecule has 2 saturated heterocycles. The lowest BCUT2D eigenvalue weighted by atomic mass is 9.84. The third-order valence-corrected chi connectivity index (χ3v) is 5.18. The summed E-state index contributed by atoms with van der Waals surface area (Å²) in [6, 6.07) is 1.75. The molecular formula is C16H24N4. The molecule has 108 valence electrons. The maximum absolute atomic E-state index is 4.51. The zero-order valence-corrected chi connectivity index (χ0v) is 12.3. The molecule has 0 bridgehead atoms. The Balaban J connectivity index is 1.47. The van der Waals surface area contributed by atoms with Crippen LogP contribution in [0.4, 0.5) is 5.95 Å². The van der Waals surface area contributed by atoms with Crippen LogP contribution in [0, 0.1) is 12.8 Å². The van der Waals surface area contributed by atoms with Crippen molar-refractivity contribution in [3.05, 3.63) is 18.0 Å². The quantitative estimate of drug-likeness (QED) is 0.826. The first-order valence-corrected chi connectivity index (χ1v) is 8.10. The molecule has 4 nitrogen and oxygen atoms in total. The van der Waals surface area contributed by atoms with Crippen LogP contribution in [0.3, 0.4) is 0 Å². The SMILES string of the molecule is Cc1cnc(N2CCC3C(CCCN3C3CC3)C2)nc1. The molecule has 20 heavy (non-hydrogen) atoms. The molecule has 2 atom stereocenters. The van der Waals surface area contributed by atoms with Crippen LogP contribution in [0.5, 0.6) is 0 Å². The van der Waals surface area contributed by atoms with Crippen LogP contribution in [-0.2, 0) is 0 Å². The molecule has 0 spiro atoms. The molecular weight excluding hydrogens is 248 g/mol. The summed E-state index contributed by atoms with van der Waals surface area (Å²) in [7, 11) is 0. The number of hydrogen-bond acceptors (Lipinski definition) is 4. The predicted molar refractivity (Wildman–Crippen MR) is 79.8 cm³/mol. The monoisotopic (exact) mass is 272 g/mol. The van der Waals surface area contributed by atoms with Gasteiger partial charge in [-0.3, -0.25) is 4.90 Å². The van der Waals surface area contributed by atoms with Crippen molar-refractivity contribution in [3.8, 4) is 0 Å². The van der Waals surface area contributed by atoms with Gasteiger partial charge < -0.3 is 4.90 Å². The number of aryl methyl sites for hydroxylation is 1. The number of fused-ring (bicyclic) bond motifs is 1. The van der Waals surface area contributed by atoms with E-state index in [0.717, 1.165) is 42.6 Å². The first-order chi connectivity index (χ1) is 9.81.